The molecule has 0 spiro atoms. The summed E-state index contributed by atoms with van der Waals surface area (Å²) in [4.78, 5) is 2.16. The Morgan fingerprint density at radius 3 is 2.80 bits per heavy atom. The zero-order valence-corrected chi connectivity index (χ0v) is 9.04. The molecular weight excluding hydrogens is 191 g/mol. The molecule has 0 radical (unpaired) electrons. The fraction of sp³-hybridized carbons (Fsp3) is 0.500. The number of rotatable bonds is 4. The first-order valence-corrected chi connectivity index (χ1v) is 5.50. The highest BCUT2D eigenvalue weighted by molar-refractivity contribution is 5.67. The van der Waals surface area contributed by atoms with Crippen LogP contribution in [0.2, 0.25) is 0 Å². The Morgan fingerprint density at radius 1 is 1.47 bits per heavy atom. The lowest BCUT2D eigenvalue weighted by Gasteiger charge is -2.24. The van der Waals surface area contributed by atoms with E-state index in [-0.39, 0.29) is 5.82 Å². The molecule has 0 aliphatic heterocycles. The van der Waals surface area contributed by atoms with Crippen LogP contribution in [0.25, 0.3) is 0 Å². The zero-order chi connectivity index (χ0) is 10.8. The van der Waals surface area contributed by atoms with E-state index in [0.29, 0.717) is 5.69 Å². The lowest BCUT2D eigenvalue weighted by molar-refractivity contribution is 0.626. The molecule has 1 aliphatic rings. The summed E-state index contributed by atoms with van der Waals surface area (Å²) in [5.41, 5.74) is 7.36. The molecule has 1 fully saturated rings. The SMILES string of the molecule is CCN(CC1CC1)c1cc(F)ccc1N. The smallest absolute Gasteiger partial charge is 0.125 e. The molecule has 15 heavy (non-hydrogen) atoms. The van der Waals surface area contributed by atoms with E-state index < -0.39 is 0 Å². The third kappa shape index (κ3) is 2.41. The second-order valence-corrected chi connectivity index (χ2v) is 4.19. The van der Waals surface area contributed by atoms with Crippen molar-refractivity contribution >= 4 is 11.4 Å². The standard InChI is InChI=1S/C12H17FN2/c1-2-15(8-9-3-4-9)12-7-10(13)5-6-11(12)14/h5-7,9H,2-4,8,14H2,1H3. The van der Waals surface area contributed by atoms with Gasteiger partial charge >= 0.3 is 0 Å². The normalized spacial score (nSPS) is 15.3. The van der Waals surface area contributed by atoms with E-state index in [1.807, 2.05) is 0 Å². The van der Waals surface area contributed by atoms with Gasteiger partial charge in [0.15, 0.2) is 0 Å². The molecule has 0 aromatic heterocycles. The minimum atomic E-state index is -0.214. The van der Waals surface area contributed by atoms with Crippen LogP contribution in [-0.2, 0) is 0 Å². The molecule has 82 valence electrons. The molecule has 0 bridgehead atoms. The van der Waals surface area contributed by atoms with E-state index in [9.17, 15) is 4.39 Å². The molecule has 0 unspecified atom stereocenters. The van der Waals surface area contributed by atoms with E-state index >= 15 is 0 Å². The Balaban J connectivity index is 2.19. The van der Waals surface area contributed by atoms with Gasteiger partial charge in [0.2, 0.25) is 0 Å². The molecule has 0 amide bonds. The van der Waals surface area contributed by atoms with Gasteiger partial charge < -0.3 is 10.6 Å². The highest BCUT2D eigenvalue weighted by Crippen LogP contribution is 2.33. The number of hydrogen-bond donors (Lipinski definition) is 1. The predicted molar refractivity (Wildman–Crippen MR) is 61.4 cm³/mol. The van der Waals surface area contributed by atoms with Crippen molar-refractivity contribution in [2.45, 2.75) is 19.8 Å². The molecule has 1 saturated carbocycles. The van der Waals surface area contributed by atoms with Crippen molar-refractivity contribution in [2.24, 2.45) is 5.92 Å². The number of anilines is 2. The van der Waals surface area contributed by atoms with Crippen molar-refractivity contribution in [2.75, 3.05) is 23.7 Å². The Bertz CT molecular complexity index is 347. The Kier molecular flexibility index (Phi) is 2.80. The molecule has 0 atom stereocenters. The average molecular weight is 208 g/mol. The Labute approximate surface area is 89.9 Å². The predicted octanol–water partition coefficient (Wildman–Crippen LogP) is 2.64. The number of nitrogens with zero attached hydrogens (tertiary/aromatic N) is 1. The van der Waals surface area contributed by atoms with Crippen molar-refractivity contribution in [1.82, 2.24) is 0 Å². The maximum Gasteiger partial charge on any atom is 0.125 e. The van der Waals surface area contributed by atoms with Gasteiger partial charge in [0.05, 0.1) is 11.4 Å². The van der Waals surface area contributed by atoms with Crippen LogP contribution >= 0.6 is 0 Å². The van der Waals surface area contributed by atoms with Gasteiger partial charge in [-0.05, 0) is 43.9 Å². The summed E-state index contributed by atoms with van der Waals surface area (Å²) >= 11 is 0. The minimum Gasteiger partial charge on any atom is -0.397 e. The summed E-state index contributed by atoms with van der Waals surface area (Å²) in [6.45, 7) is 3.96. The van der Waals surface area contributed by atoms with Gasteiger partial charge in [-0.3, -0.25) is 0 Å². The van der Waals surface area contributed by atoms with Gasteiger partial charge in [-0.2, -0.15) is 0 Å². The highest BCUT2D eigenvalue weighted by Gasteiger charge is 2.24. The van der Waals surface area contributed by atoms with E-state index in [4.69, 9.17) is 5.73 Å². The molecule has 0 heterocycles. The fourth-order valence-corrected chi connectivity index (χ4v) is 1.80. The van der Waals surface area contributed by atoms with Crippen molar-refractivity contribution < 1.29 is 4.39 Å². The van der Waals surface area contributed by atoms with Gasteiger partial charge in [0.25, 0.3) is 0 Å². The van der Waals surface area contributed by atoms with Crippen molar-refractivity contribution in [3.05, 3.63) is 24.0 Å². The van der Waals surface area contributed by atoms with E-state index in [0.717, 1.165) is 24.7 Å². The largest absolute Gasteiger partial charge is 0.397 e. The summed E-state index contributed by atoms with van der Waals surface area (Å²) in [7, 11) is 0. The van der Waals surface area contributed by atoms with Gasteiger partial charge in [-0.1, -0.05) is 0 Å². The van der Waals surface area contributed by atoms with Crippen molar-refractivity contribution in [1.29, 1.82) is 0 Å². The maximum atomic E-state index is 13.1. The zero-order valence-electron chi connectivity index (χ0n) is 9.04. The minimum absolute atomic E-state index is 0.214. The van der Waals surface area contributed by atoms with Crippen LogP contribution in [0, 0.1) is 11.7 Å². The fourth-order valence-electron chi connectivity index (χ4n) is 1.80. The summed E-state index contributed by atoms with van der Waals surface area (Å²) in [5.74, 6) is 0.570. The first kappa shape index (κ1) is 10.3. The summed E-state index contributed by atoms with van der Waals surface area (Å²) < 4.78 is 13.1. The number of nitrogens with two attached hydrogens (primary N) is 1. The first-order chi connectivity index (χ1) is 7.20. The van der Waals surface area contributed by atoms with Gasteiger partial charge in [0, 0.05) is 13.1 Å². The number of halogens is 1. The van der Waals surface area contributed by atoms with Crippen LogP contribution < -0.4 is 10.6 Å². The number of nitrogen functional groups attached to an aromatic ring is 1. The number of hydrogen-bond acceptors (Lipinski definition) is 2. The highest BCUT2D eigenvalue weighted by atomic mass is 19.1. The lowest BCUT2D eigenvalue weighted by Crippen LogP contribution is -2.26. The Morgan fingerprint density at radius 2 is 2.20 bits per heavy atom. The molecule has 2 N–H and O–H groups in total. The van der Waals surface area contributed by atoms with Crippen LogP contribution in [0.3, 0.4) is 0 Å². The maximum absolute atomic E-state index is 13.1. The topological polar surface area (TPSA) is 29.3 Å². The third-order valence-corrected chi connectivity index (χ3v) is 2.89. The third-order valence-electron chi connectivity index (χ3n) is 2.89. The van der Waals surface area contributed by atoms with Crippen LogP contribution in [0.15, 0.2) is 18.2 Å². The van der Waals surface area contributed by atoms with Crippen LogP contribution in [-0.4, -0.2) is 13.1 Å². The van der Waals surface area contributed by atoms with Crippen molar-refractivity contribution in [3.63, 3.8) is 0 Å². The van der Waals surface area contributed by atoms with Gasteiger partial charge in [0.1, 0.15) is 5.82 Å². The quantitative estimate of drug-likeness (QED) is 0.771. The molecular formula is C12H17FN2. The molecule has 1 aromatic carbocycles. The molecule has 2 nitrogen and oxygen atoms in total. The van der Waals surface area contributed by atoms with Crippen molar-refractivity contribution in [3.8, 4) is 0 Å². The van der Waals surface area contributed by atoms with Crippen LogP contribution in [0.4, 0.5) is 15.8 Å². The second-order valence-electron chi connectivity index (χ2n) is 4.19. The van der Waals surface area contributed by atoms with E-state index in [2.05, 4.69) is 11.8 Å². The summed E-state index contributed by atoms with van der Waals surface area (Å²) in [5, 5.41) is 0. The summed E-state index contributed by atoms with van der Waals surface area (Å²) in [6, 6.07) is 4.57. The molecule has 3 heteroatoms. The summed E-state index contributed by atoms with van der Waals surface area (Å²) in [6.07, 6.45) is 2.59. The Hall–Kier alpha value is -1.25. The van der Waals surface area contributed by atoms with Crippen LogP contribution in [0.5, 0.6) is 0 Å². The van der Waals surface area contributed by atoms with Crippen LogP contribution in [0.1, 0.15) is 19.8 Å². The second kappa shape index (κ2) is 4.09. The molecule has 1 aliphatic carbocycles. The van der Waals surface area contributed by atoms with E-state index in [1.54, 1.807) is 6.07 Å². The molecule has 0 saturated heterocycles. The van der Waals surface area contributed by atoms with E-state index in [1.165, 1.54) is 25.0 Å². The molecule has 1 aromatic rings. The average Bonchev–Trinajstić information content (AvgIpc) is 3.02. The monoisotopic (exact) mass is 208 g/mol. The van der Waals surface area contributed by atoms with Gasteiger partial charge in [-0.15, -0.1) is 0 Å². The number of benzene rings is 1. The molecule has 2 rings (SSSR count). The van der Waals surface area contributed by atoms with Gasteiger partial charge in [-0.25, -0.2) is 4.39 Å². The first-order valence-electron chi connectivity index (χ1n) is 5.50. The lowest BCUT2D eigenvalue weighted by atomic mass is 10.2.